The van der Waals surface area contributed by atoms with Crippen molar-refractivity contribution >= 4 is 11.7 Å². The van der Waals surface area contributed by atoms with Crippen molar-refractivity contribution < 1.29 is 4.79 Å². The zero-order valence-electron chi connectivity index (χ0n) is 9.65. The van der Waals surface area contributed by atoms with Gasteiger partial charge in [-0.15, -0.1) is 0 Å². The molecule has 3 rings (SSSR count). The lowest BCUT2D eigenvalue weighted by molar-refractivity contribution is 0.0937. The molecule has 0 aliphatic heterocycles. The van der Waals surface area contributed by atoms with Gasteiger partial charge in [0.25, 0.3) is 5.91 Å². The highest BCUT2D eigenvalue weighted by Crippen LogP contribution is 2.60. The molecule has 5 nitrogen and oxygen atoms in total. The zero-order valence-corrected chi connectivity index (χ0v) is 9.65. The highest BCUT2D eigenvalue weighted by atomic mass is 16.1. The van der Waals surface area contributed by atoms with Crippen LogP contribution in [-0.2, 0) is 0 Å². The molecule has 2 saturated carbocycles. The van der Waals surface area contributed by atoms with Crippen LogP contribution in [0.25, 0.3) is 0 Å². The van der Waals surface area contributed by atoms with E-state index in [0.29, 0.717) is 16.9 Å². The molecule has 5 heteroatoms. The number of amides is 1. The second-order valence-electron chi connectivity index (χ2n) is 5.15. The van der Waals surface area contributed by atoms with E-state index in [-0.39, 0.29) is 5.91 Å². The molecule has 17 heavy (non-hydrogen) atoms. The van der Waals surface area contributed by atoms with E-state index >= 15 is 0 Å². The third kappa shape index (κ3) is 2.09. The molecule has 2 fully saturated rings. The summed E-state index contributed by atoms with van der Waals surface area (Å²) in [4.78, 5) is 19.6. The molecular formula is C12H16N4O. The van der Waals surface area contributed by atoms with E-state index in [1.807, 2.05) is 0 Å². The topological polar surface area (TPSA) is 80.9 Å². The van der Waals surface area contributed by atoms with Gasteiger partial charge in [0.15, 0.2) is 0 Å². The molecule has 3 N–H and O–H groups in total. The molecule has 1 heterocycles. The monoisotopic (exact) mass is 232 g/mol. The quantitative estimate of drug-likeness (QED) is 0.810. The summed E-state index contributed by atoms with van der Waals surface area (Å²) in [7, 11) is 0. The average molecular weight is 232 g/mol. The molecule has 0 saturated heterocycles. The minimum Gasteiger partial charge on any atom is -0.382 e. The number of hydrogen-bond donors (Lipinski definition) is 2. The number of carbonyl (C=O) groups excluding carboxylic acids is 1. The van der Waals surface area contributed by atoms with Crippen molar-refractivity contribution in [3.05, 3.63) is 18.1 Å². The first kappa shape index (κ1) is 10.5. The number of hydrogen-bond acceptors (Lipinski definition) is 4. The number of anilines is 1. The molecule has 0 unspecified atom stereocenters. The van der Waals surface area contributed by atoms with Crippen LogP contribution in [0.4, 0.5) is 5.82 Å². The van der Waals surface area contributed by atoms with Crippen molar-refractivity contribution in [3.63, 3.8) is 0 Å². The van der Waals surface area contributed by atoms with Gasteiger partial charge in [0.05, 0.1) is 12.4 Å². The Kier molecular flexibility index (Phi) is 2.28. The predicted molar refractivity (Wildman–Crippen MR) is 63.2 cm³/mol. The Hall–Kier alpha value is -1.65. The third-order valence-electron chi connectivity index (χ3n) is 3.84. The van der Waals surface area contributed by atoms with Gasteiger partial charge in [-0.05, 0) is 37.0 Å². The number of rotatable bonds is 4. The van der Waals surface area contributed by atoms with Crippen molar-refractivity contribution in [2.24, 2.45) is 11.3 Å². The normalized spacial score (nSPS) is 20.9. The van der Waals surface area contributed by atoms with Gasteiger partial charge in [0.2, 0.25) is 0 Å². The highest BCUT2D eigenvalue weighted by molar-refractivity contribution is 5.92. The summed E-state index contributed by atoms with van der Waals surface area (Å²) in [6.45, 7) is 0.780. The first-order valence-electron chi connectivity index (χ1n) is 6.05. The lowest BCUT2D eigenvalue weighted by atomic mass is 10.0. The van der Waals surface area contributed by atoms with Crippen LogP contribution in [0.15, 0.2) is 12.4 Å². The maximum atomic E-state index is 11.8. The predicted octanol–water partition coefficient (Wildman–Crippen LogP) is 0.979. The van der Waals surface area contributed by atoms with Gasteiger partial charge in [-0.25, -0.2) is 9.97 Å². The first-order valence-corrected chi connectivity index (χ1v) is 6.05. The third-order valence-corrected chi connectivity index (χ3v) is 3.84. The van der Waals surface area contributed by atoms with Crippen LogP contribution in [0.2, 0.25) is 0 Å². The van der Waals surface area contributed by atoms with Crippen LogP contribution in [-0.4, -0.2) is 22.4 Å². The smallest absolute Gasteiger partial charge is 0.271 e. The molecule has 2 aliphatic rings. The van der Waals surface area contributed by atoms with Gasteiger partial charge >= 0.3 is 0 Å². The Balaban J connectivity index is 1.58. The SMILES string of the molecule is Nc1cnc(C(=O)NCC2(C3CC3)CC2)cn1. The largest absolute Gasteiger partial charge is 0.382 e. The summed E-state index contributed by atoms with van der Waals surface area (Å²) in [5.74, 6) is 1.03. The lowest BCUT2D eigenvalue weighted by Gasteiger charge is -2.14. The summed E-state index contributed by atoms with van der Waals surface area (Å²) in [6, 6.07) is 0. The van der Waals surface area contributed by atoms with Crippen LogP contribution >= 0.6 is 0 Å². The minimum atomic E-state index is -0.149. The molecule has 0 aromatic carbocycles. The fourth-order valence-electron chi connectivity index (χ4n) is 2.39. The zero-order chi connectivity index (χ0) is 11.9. The number of nitrogen functional groups attached to an aromatic ring is 1. The van der Waals surface area contributed by atoms with E-state index in [1.54, 1.807) is 0 Å². The van der Waals surface area contributed by atoms with E-state index in [2.05, 4.69) is 15.3 Å². The molecule has 1 aromatic rings. The summed E-state index contributed by atoms with van der Waals surface area (Å²) in [6.07, 6.45) is 8.00. The van der Waals surface area contributed by atoms with E-state index in [4.69, 9.17) is 5.73 Å². The van der Waals surface area contributed by atoms with Crippen molar-refractivity contribution in [2.45, 2.75) is 25.7 Å². The van der Waals surface area contributed by atoms with Crippen molar-refractivity contribution in [3.8, 4) is 0 Å². The van der Waals surface area contributed by atoms with E-state index in [0.717, 1.165) is 12.5 Å². The summed E-state index contributed by atoms with van der Waals surface area (Å²) >= 11 is 0. The summed E-state index contributed by atoms with van der Waals surface area (Å²) in [5.41, 5.74) is 6.17. The lowest BCUT2D eigenvalue weighted by Crippen LogP contribution is -2.31. The van der Waals surface area contributed by atoms with E-state index in [9.17, 15) is 4.79 Å². The van der Waals surface area contributed by atoms with Crippen molar-refractivity contribution in [1.29, 1.82) is 0 Å². The van der Waals surface area contributed by atoms with Crippen molar-refractivity contribution in [2.75, 3.05) is 12.3 Å². The Morgan fingerprint density at radius 3 is 2.71 bits per heavy atom. The number of nitrogens with zero attached hydrogens (tertiary/aromatic N) is 2. The summed E-state index contributed by atoms with van der Waals surface area (Å²) < 4.78 is 0. The van der Waals surface area contributed by atoms with Crippen LogP contribution in [0.5, 0.6) is 0 Å². The Labute approximate surface area is 99.8 Å². The molecular weight excluding hydrogens is 216 g/mol. The maximum Gasteiger partial charge on any atom is 0.271 e. The van der Waals surface area contributed by atoms with E-state index in [1.165, 1.54) is 38.1 Å². The molecule has 0 spiro atoms. The number of carbonyl (C=O) groups is 1. The van der Waals surface area contributed by atoms with Crippen LogP contribution in [0.3, 0.4) is 0 Å². The maximum absolute atomic E-state index is 11.8. The minimum absolute atomic E-state index is 0.149. The summed E-state index contributed by atoms with van der Waals surface area (Å²) in [5, 5.41) is 2.96. The van der Waals surface area contributed by atoms with Gasteiger partial charge in [-0.2, -0.15) is 0 Å². The van der Waals surface area contributed by atoms with Gasteiger partial charge in [-0.3, -0.25) is 4.79 Å². The molecule has 0 radical (unpaired) electrons. The molecule has 0 bridgehead atoms. The second kappa shape index (κ2) is 3.68. The molecule has 0 atom stereocenters. The van der Waals surface area contributed by atoms with Crippen LogP contribution < -0.4 is 11.1 Å². The fraction of sp³-hybridized carbons (Fsp3) is 0.583. The fourth-order valence-corrected chi connectivity index (χ4v) is 2.39. The van der Waals surface area contributed by atoms with Gasteiger partial charge < -0.3 is 11.1 Å². The van der Waals surface area contributed by atoms with E-state index < -0.39 is 0 Å². The van der Waals surface area contributed by atoms with Gasteiger partial charge in [0.1, 0.15) is 11.5 Å². The van der Waals surface area contributed by atoms with Gasteiger partial charge in [-0.1, -0.05) is 0 Å². The molecule has 1 amide bonds. The van der Waals surface area contributed by atoms with Crippen molar-refractivity contribution in [1.82, 2.24) is 15.3 Å². The molecule has 2 aliphatic carbocycles. The standard InChI is InChI=1S/C12H16N4O/c13-10-6-14-9(5-15-10)11(17)16-7-12(3-4-12)8-1-2-8/h5-6,8H,1-4,7H2,(H2,13,15)(H,16,17). The van der Waals surface area contributed by atoms with Gasteiger partial charge in [0, 0.05) is 6.54 Å². The Morgan fingerprint density at radius 1 is 1.41 bits per heavy atom. The highest BCUT2D eigenvalue weighted by Gasteiger charge is 2.53. The Morgan fingerprint density at radius 2 is 2.18 bits per heavy atom. The number of aromatic nitrogens is 2. The van der Waals surface area contributed by atoms with Crippen LogP contribution in [0, 0.1) is 11.3 Å². The molecule has 90 valence electrons. The number of nitrogens with one attached hydrogen (secondary N) is 1. The second-order valence-corrected chi connectivity index (χ2v) is 5.15. The molecule has 1 aromatic heterocycles. The number of nitrogens with two attached hydrogens (primary N) is 1. The first-order chi connectivity index (χ1) is 8.20. The van der Waals surface area contributed by atoms with Crippen LogP contribution in [0.1, 0.15) is 36.2 Å². The Bertz CT molecular complexity index is 434. The average Bonchev–Trinajstić information content (AvgIpc) is 3.17.